The van der Waals surface area contributed by atoms with Gasteiger partial charge in [-0.05, 0) is 143 Å². The monoisotopic (exact) mass is 1450 g/mol. The maximum absolute atomic E-state index is 11.4. The van der Waals surface area contributed by atoms with Crippen LogP contribution in [0.4, 0.5) is 22.7 Å². The van der Waals surface area contributed by atoms with Crippen LogP contribution in [-0.2, 0) is 19.2 Å². The van der Waals surface area contributed by atoms with E-state index in [2.05, 4.69) is 26.6 Å². The SMILES string of the molecule is CC(=O)Nc1c(I)c(NC(C)=O)c(I)c(C(=O)O)c1I.CC(=O)Nc1c(I)c(NC(C)=O)c(I)c(C(=O)O)c1I.CNCC(O)C(O)C(O)C(O)CO.[Na+]. The van der Waals surface area contributed by atoms with Gasteiger partial charge in [-0.25, -0.2) is 9.59 Å². The molecule has 0 spiro atoms. The summed E-state index contributed by atoms with van der Waals surface area (Å²) >= 11 is 11.4. The first kappa shape index (κ1) is 56.5. The van der Waals surface area contributed by atoms with E-state index in [1.807, 2.05) is 136 Å². The van der Waals surface area contributed by atoms with Crippen molar-refractivity contribution < 1.29 is 94.1 Å². The van der Waals surface area contributed by atoms with Gasteiger partial charge in [0.1, 0.15) is 18.3 Å². The Hall–Kier alpha value is 0.400. The van der Waals surface area contributed by atoms with Crippen molar-refractivity contribution in [1.82, 2.24) is 5.32 Å². The fourth-order valence-electron chi connectivity index (χ4n) is 3.74. The second kappa shape index (κ2) is 27.2. The molecule has 25 heteroatoms. The third-order valence-electron chi connectivity index (χ3n) is 6.00. The van der Waals surface area contributed by atoms with Gasteiger partial charge in [-0.2, -0.15) is 0 Å². The predicted octanol–water partition coefficient (Wildman–Crippen LogP) is -0.123. The maximum atomic E-state index is 11.4. The van der Waals surface area contributed by atoms with E-state index in [1.54, 1.807) is 7.05 Å². The Morgan fingerprint density at radius 1 is 0.519 bits per heavy atom. The molecule has 4 unspecified atom stereocenters. The van der Waals surface area contributed by atoms with Crippen LogP contribution in [0.15, 0.2) is 0 Å². The number of amides is 4. The summed E-state index contributed by atoms with van der Waals surface area (Å²) in [4.78, 5) is 67.8. The summed E-state index contributed by atoms with van der Waals surface area (Å²) in [7, 11) is 1.57. The number of carboxylic acid groups (broad SMARTS) is 2. The largest absolute Gasteiger partial charge is 1.00 e. The molecule has 0 heterocycles. The number of aliphatic hydroxyl groups excluding tert-OH is 5. The molecule has 0 bridgehead atoms. The predicted molar refractivity (Wildman–Crippen MR) is 245 cm³/mol. The third kappa shape index (κ3) is 17.3. The number of aliphatic hydroxyl groups is 5. The standard InChI is InChI=1S/2C11H9I3N2O4.C7H17NO5.Na/c2*1-3(17)15-9-6(12)5(11(19)20)7(13)10(8(9)14)16-4(2)18;1-8-2-4(10)6(12)7(13)5(11)3-9;/h2*1-2H3,(H,15,17)(H,16,18)(H,19,20);4-13H,2-3H2,1H3;/q;;;+1. The number of carboxylic acids is 2. The Morgan fingerprint density at radius 3 is 0.944 bits per heavy atom. The van der Waals surface area contributed by atoms with Gasteiger partial charge in [0.25, 0.3) is 0 Å². The number of hydrogen-bond acceptors (Lipinski definition) is 12. The van der Waals surface area contributed by atoms with E-state index in [0.717, 1.165) is 0 Å². The average Bonchev–Trinajstić information content (AvgIpc) is 3.04. The molecule has 4 atom stereocenters. The van der Waals surface area contributed by atoms with Gasteiger partial charge in [0, 0.05) is 34.2 Å². The van der Waals surface area contributed by atoms with Crippen LogP contribution in [0, 0.1) is 21.4 Å². The molecule has 296 valence electrons. The van der Waals surface area contributed by atoms with E-state index in [-0.39, 0.29) is 70.9 Å². The number of carbonyl (C=O) groups excluding carboxylic acids is 4. The number of likely N-dealkylation sites (N-methyl/N-ethyl adjacent to an activating group) is 1. The molecule has 0 aliphatic carbocycles. The minimum atomic E-state index is -1.55. The van der Waals surface area contributed by atoms with Crippen molar-refractivity contribution in [3.8, 4) is 0 Å². The number of anilines is 4. The Morgan fingerprint density at radius 2 is 0.759 bits per heavy atom. The number of benzene rings is 2. The van der Waals surface area contributed by atoms with E-state index < -0.39 is 43.0 Å². The molecule has 0 saturated heterocycles. The Labute approximate surface area is 413 Å². The van der Waals surface area contributed by atoms with E-state index in [1.165, 1.54) is 27.7 Å². The van der Waals surface area contributed by atoms with E-state index >= 15 is 0 Å². The van der Waals surface area contributed by atoms with Gasteiger partial charge in [0.15, 0.2) is 0 Å². The van der Waals surface area contributed by atoms with Crippen molar-refractivity contribution in [2.75, 3.05) is 41.5 Å². The van der Waals surface area contributed by atoms with Crippen LogP contribution >= 0.6 is 136 Å². The van der Waals surface area contributed by atoms with Crippen LogP contribution in [0.1, 0.15) is 48.4 Å². The molecular weight excluding hydrogens is 1410 g/mol. The van der Waals surface area contributed by atoms with Gasteiger partial charge in [0.2, 0.25) is 23.6 Å². The molecule has 54 heavy (non-hydrogen) atoms. The molecule has 0 aliphatic rings. The van der Waals surface area contributed by atoms with Crippen LogP contribution in [0.25, 0.3) is 0 Å². The Balaban J connectivity index is 0. The molecule has 4 amide bonds. The molecule has 2 aromatic rings. The molecule has 2 rings (SSSR count). The summed E-state index contributed by atoms with van der Waals surface area (Å²) in [6.45, 7) is 4.78. The Bertz CT molecular complexity index is 1530. The summed E-state index contributed by atoms with van der Waals surface area (Å²) in [5, 5.41) is 76.5. The van der Waals surface area contributed by atoms with Gasteiger partial charge in [-0.1, -0.05) is 0 Å². The summed E-state index contributed by atoms with van der Waals surface area (Å²) in [6.07, 6.45) is -5.65. The normalized spacial score (nSPS) is 12.4. The molecule has 18 nitrogen and oxygen atoms in total. The fourth-order valence-corrected chi connectivity index (χ4v) is 12.1. The van der Waals surface area contributed by atoms with Crippen LogP contribution in [-0.4, -0.2) is 116 Å². The van der Waals surface area contributed by atoms with Crippen molar-refractivity contribution in [3.05, 3.63) is 32.5 Å². The van der Waals surface area contributed by atoms with Crippen molar-refractivity contribution in [2.24, 2.45) is 0 Å². The molecule has 2 aromatic carbocycles. The number of halogens is 6. The zero-order chi connectivity index (χ0) is 41.7. The number of rotatable bonds is 12. The van der Waals surface area contributed by atoms with Crippen molar-refractivity contribution in [2.45, 2.75) is 52.1 Å². The first-order valence-corrected chi connectivity index (χ1v) is 20.8. The molecule has 0 aromatic heterocycles. The van der Waals surface area contributed by atoms with Crippen molar-refractivity contribution >= 4 is 194 Å². The number of hydrogen-bond donors (Lipinski definition) is 12. The van der Waals surface area contributed by atoms with Gasteiger partial charge < -0.3 is 62.3 Å². The van der Waals surface area contributed by atoms with Crippen molar-refractivity contribution in [1.29, 1.82) is 0 Å². The quantitative estimate of drug-likeness (QED) is 0.0975. The summed E-state index contributed by atoms with van der Waals surface area (Å²) in [5.41, 5.74) is 1.67. The number of carbonyl (C=O) groups is 6. The molecule has 0 radical (unpaired) electrons. The van der Waals surface area contributed by atoms with Crippen LogP contribution in [0.3, 0.4) is 0 Å². The zero-order valence-corrected chi connectivity index (χ0v) is 44.0. The number of nitrogens with one attached hydrogen (secondary N) is 5. The van der Waals surface area contributed by atoms with Gasteiger partial charge in [-0.3, -0.25) is 19.2 Å². The molecule has 12 N–H and O–H groups in total. The topological polar surface area (TPSA) is 304 Å². The van der Waals surface area contributed by atoms with E-state index in [0.29, 0.717) is 44.2 Å². The Kier molecular flexibility index (Phi) is 28.5. The molecular formula is C29H35I6N5NaO13+. The second-order valence-electron chi connectivity index (χ2n) is 10.3. The first-order valence-electron chi connectivity index (χ1n) is 14.3. The maximum Gasteiger partial charge on any atom is 1.00 e. The van der Waals surface area contributed by atoms with Gasteiger partial charge >= 0.3 is 41.5 Å². The summed E-state index contributed by atoms with van der Waals surface area (Å²) < 4.78 is 2.88. The number of aromatic carboxylic acids is 2. The minimum absolute atomic E-state index is 0. The van der Waals surface area contributed by atoms with Crippen LogP contribution in [0.2, 0.25) is 0 Å². The van der Waals surface area contributed by atoms with E-state index in [9.17, 15) is 44.1 Å². The fraction of sp³-hybridized carbons (Fsp3) is 0.379. The van der Waals surface area contributed by atoms with Gasteiger partial charge in [-0.15, -0.1) is 0 Å². The zero-order valence-electron chi connectivity index (χ0n) is 29.1. The average molecular weight is 1450 g/mol. The van der Waals surface area contributed by atoms with Gasteiger partial charge in [0.05, 0.1) is 68.0 Å². The van der Waals surface area contributed by atoms with E-state index in [4.69, 9.17) is 20.4 Å². The molecule has 0 aliphatic heterocycles. The summed E-state index contributed by atoms with van der Waals surface area (Å²) in [6, 6.07) is 0. The van der Waals surface area contributed by atoms with Crippen LogP contribution < -0.4 is 56.1 Å². The molecule has 0 saturated carbocycles. The molecule has 0 fully saturated rings. The smallest absolute Gasteiger partial charge is 0.478 e. The third-order valence-corrected chi connectivity index (χ3v) is 12.5. The summed E-state index contributed by atoms with van der Waals surface area (Å²) in [5.74, 6) is -3.49. The van der Waals surface area contributed by atoms with Crippen molar-refractivity contribution in [3.63, 3.8) is 0 Å². The van der Waals surface area contributed by atoms with Crippen LogP contribution in [0.5, 0.6) is 0 Å². The minimum Gasteiger partial charge on any atom is -0.478 e. The first-order chi connectivity index (χ1) is 24.4. The second-order valence-corrected chi connectivity index (χ2v) is 16.8.